The van der Waals surface area contributed by atoms with Crippen LogP contribution in [0.5, 0.6) is 0 Å². The van der Waals surface area contributed by atoms with Crippen LogP contribution in [0, 0.1) is 0 Å². The summed E-state index contributed by atoms with van der Waals surface area (Å²) in [5.41, 5.74) is 1.15. The van der Waals surface area contributed by atoms with Gasteiger partial charge in [-0.15, -0.1) is 10.2 Å². The van der Waals surface area contributed by atoms with Crippen LogP contribution in [0.2, 0.25) is 0 Å². The highest BCUT2D eigenvalue weighted by molar-refractivity contribution is 5.90. The number of carbonyl (C=O) groups excluding carboxylic acids is 1. The lowest BCUT2D eigenvalue weighted by molar-refractivity contribution is 0.0947. The van der Waals surface area contributed by atoms with Crippen molar-refractivity contribution in [1.29, 1.82) is 0 Å². The van der Waals surface area contributed by atoms with Crippen molar-refractivity contribution in [3.8, 4) is 0 Å². The number of hydrogen-bond acceptors (Lipinski definition) is 4. The second-order valence-corrected chi connectivity index (χ2v) is 2.73. The topological polar surface area (TPSA) is 83.6 Å². The van der Waals surface area contributed by atoms with Gasteiger partial charge in [0, 0.05) is 6.54 Å². The van der Waals surface area contributed by atoms with Crippen molar-refractivity contribution in [1.82, 2.24) is 25.9 Å². The van der Waals surface area contributed by atoms with E-state index in [0.717, 1.165) is 5.57 Å². The van der Waals surface area contributed by atoms with E-state index < -0.39 is 0 Å². The van der Waals surface area contributed by atoms with Crippen molar-refractivity contribution in [2.24, 2.45) is 0 Å². The predicted molar refractivity (Wildman–Crippen MR) is 45.9 cm³/mol. The molecule has 13 heavy (non-hydrogen) atoms. The Kier molecular flexibility index (Phi) is 3.13. The van der Waals surface area contributed by atoms with Crippen LogP contribution in [0.25, 0.3) is 0 Å². The molecule has 70 valence electrons. The van der Waals surface area contributed by atoms with Gasteiger partial charge in [0.1, 0.15) is 0 Å². The third-order valence-corrected chi connectivity index (χ3v) is 1.32. The lowest BCUT2D eigenvalue weighted by atomic mass is 10.3. The second kappa shape index (κ2) is 4.34. The summed E-state index contributed by atoms with van der Waals surface area (Å²) < 4.78 is 0. The maximum atomic E-state index is 11.2. The van der Waals surface area contributed by atoms with Crippen molar-refractivity contribution in [2.45, 2.75) is 13.8 Å². The van der Waals surface area contributed by atoms with E-state index in [4.69, 9.17) is 0 Å². The van der Waals surface area contributed by atoms with Crippen LogP contribution < -0.4 is 5.32 Å². The molecule has 6 nitrogen and oxygen atoms in total. The third-order valence-electron chi connectivity index (χ3n) is 1.32. The van der Waals surface area contributed by atoms with Crippen LogP contribution in [0.4, 0.5) is 0 Å². The molecule has 0 bridgehead atoms. The van der Waals surface area contributed by atoms with Crippen molar-refractivity contribution in [3.63, 3.8) is 0 Å². The second-order valence-electron chi connectivity index (χ2n) is 2.73. The molecule has 1 aromatic heterocycles. The van der Waals surface area contributed by atoms with Gasteiger partial charge in [-0.3, -0.25) is 4.79 Å². The molecule has 1 amide bonds. The number of hydrogen-bond donors (Lipinski definition) is 2. The van der Waals surface area contributed by atoms with E-state index in [1.165, 1.54) is 0 Å². The largest absolute Gasteiger partial charge is 0.346 e. The maximum absolute atomic E-state index is 11.2. The first kappa shape index (κ1) is 9.37. The van der Waals surface area contributed by atoms with Crippen LogP contribution in [-0.2, 0) is 0 Å². The van der Waals surface area contributed by atoms with Crippen LogP contribution in [0.1, 0.15) is 24.5 Å². The molecular weight excluding hydrogens is 170 g/mol. The van der Waals surface area contributed by atoms with Gasteiger partial charge >= 0.3 is 0 Å². The highest BCUT2D eigenvalue weighted by Crippen LogP contribution is 1.87. The van der Waals surface area contributed by atoms with Gasteiger partial charge in [0.15, 0.2) is 0 Å². The number of allylic oxidation sites excluding steroid dienone is 1. The van der Waals surface area contributed by atoms with Gasteiger partial charge in [-0.25, -0.2) is 0 Å². The van der Waals surface area contributed by atoms with E-state index in [1.54, 1.807) is 0 Å². The number of nitrogens with one attached hydrogen (secondary N) is 2. The molecule has 0 unspecified atom stereocenters. The average Bonchev–Trinajstić information content (AvgIpc) is 2.55. The number of H-pyrrole nitrogens is 1. The molecule has 0 atom stereocenters. The van der Waals surface area contributed by atoms with Gasteiger partial charge in [0.2, 0.25) is 0 Å². The summed E-state index contributed by atoms with van der Waals surface area (Å²) in [5.74, 6) is -0.270. The number of aromatic amines is 1. The molecule has 6 heteroatoms. The molecule has 0 radical (unpaired) electrons. The van der Waals surface area contributed by atoms with E-state index >= 15 is 0 Å². The van der Waals surface area contributed by atoms with Gasteiger partial charge in [-0.2, -0.15) is 5.21 Å². The Hall–Kier alpha value is -1.72. The van der Waals surface area contributed by atoms with Crippen LogP contribution in [-0.4, -0.2) is 33.1 Å². The fourth-order valence-corrected chi connectivity index (χ4v) is 0.685. The third kappa shape index (κ3) is 3.02. The molecule has 2 N–H and O–H groups in total. The summed E-state index contributed by atoms with van der Waals surface area (Å²) in [6, 6.07) is 0. The minimum atomic E-state index is -0.328. The Morgan fingerprint density at radius 3 is 2.92 bits per heavy atom. The average molecular weight is 181 g/mol. The summed E-state index contributed by atoms with van der Waals surface area (Å²) in [7, 11) is 0. The summed E-state index contributed by atoms with van der Waals surface area (Å²) in [6.07, 6.45) is 1.90. The monoisotopic (exact) mass is 181 g/mol. The highest BCUT2D eigenvalue weighted by Gasteiger charge is 2.07. The van der Waals surface area contributed by atoms with Gasteiger partial charge in [-0.1, -0.05) is 11.6 Å². The number of rotatable bonds is 3. The first-order chi connectivity index (χ1) is 6.20. The molecule has 0 aromatic carbocycles. The van der Waals surface area contributed by atoms with Crippen LogP contribution >= 0.6 is 0 Å². The Morgan fingerprint density at radius 2 is 2.38 bits per heavy atom. The molecule has 0 saturated carbocycles. The minimum absolute atomic E-state index is 0.0576. The van der Waals surface area contributed by atoms with E-state index in [2.05, 4.69) is 25.9 Å². The normalized spacial score (nSPS) is 9.38. The molecule has 1 aromatic rings. The summed E-state index contributed by atoms with van der Waals surface area (Å²) in [4.78, 5) is 11.2. The summed E-state index contributed by atoms with van der Waals surface area (Å²) in [5, 5.41) is 15.2. The van der Waals surface area contributed by atoms with Crippen molar-refractivity contribution < 1.29 is 4.79 Å². The van der Waals surface area contributed by atoms with E-state index in [-0.39, 0.29) is 11.7 Å². The molecule has 0 aliphatic heterocycles. The number of nitrogens with zero attached hydrogens (tertiary/aromatic N) is 3. The van der Waals surface area contributed by atoms with E-state index in [1.807, 2.05) is 19.9 Å². The van der Waals surface area contributed by atoms with Crippen molar-refractivity contribution in [2.75, 3.05) is 6.54 Å². The Balaban J connectivity index is 2.39. The number of tetrazole rings is 1. The van der Waals surface area contributed by atoms with Crippen LogP contribution in [0.3, 0.4) is 0 Å². The summed E-state index contributed by atoms with van der Waals surface area (Å²) in [6.45, 7) is 4.40. The van der Waals surface area contributed by atoms with Gasteiger partial charge in [0.25, 0.3) is 11.7 Å². The standard InChI is InChI=1S/C7H11N5O/c1-5(2)3-4-8-7(13)6-9-11-12-10-6/h3H,4H2,1-2H3,(H,8,13)(H,9,10,11,12). The Morgan fingerprint density at radius 1 is 1.62 bits per heavy atom. The van der Waals surface area contributed by atoms with Crippen molar-refractivity contribution in [3.05, 3.63) is 17.5 Å². The van der Waals surface area contributed by atoms with Gasteiger partial charge < -0.3 is 5.32 Å². The number of aromatic nitrogens is 4. The molecule has 1 rings (SSSR count). The van der Waals surface area contributed by atoms with E-state index in [9.17, 15) is 4.79 Å². The molecule has 0 aliphatic carbocycles. The smallest absolute Gasteiger partial charge is 0.293 e. The SMILES string of the molecule is CC(C)=CCNC(=O)c1nn[nH]n1. The molecule has 0 spiro atoms. The minimum Gasteiger partial charge on any atom is -0.346 e. The fraction of sp³-hybridized carbons (Fsp3) is 0.429. The Bertz CT molecular complexity index is 299. The van der Waals surface area contributed by atoms with Crippen LogP contribution in [0.15, 0.2) is 11.6 Å². The van der Waals surface area contributed by atoms with Gasteiger partial charge in [-0.05, 0) is 19.1 Å². The van der Waals surface area contributed by atoms with Gasteiger partial charge in [0.05, 0.1) is 0 Å². The lowest BCUT2D eigenvalue weighted by Gasteiger charge is -1.96. The molecular formula is C7H11N5O. The fourth-order valence-electron chi connectivity index (χ4n) is 0.685. The number of carbonyl (C=O) groups is 1. The summed E-state index contributed by atoms with van der Waals surface area (Å²) >= 11 is 0. The molecule has 0 saturated heterocycles. The molecule has 1 heterocycles. The zero-order valence-electron chi connectivity index (χ0n) is 7.53. The first-order valence-electron chi connectivity index (χ1n) is 3.85. The predicted octanol–water partition coefficient (Wildman–Crippen LogP) is -0.104. The lowest BCUT2D eigenvalue weighted by Crippen LogP contribution is -2.24. The van der Waals surface area contributed by atoms with Crippen molar-refractivity contribution >= 4 is 5.91 Å². The zero-order valence-corrected chi connectivity index (χ0v) is 7.53. The quantitative estimate of drug-likeness (QED) is 0.637. The zero-order chi connectivity index (χ0) is 9.68. The number of amides is 1. The molecule has 0 aliphatic rings. The highest BCUT2D eigenvalue weighted by atomic mass is 16.2. The molecule has 0 fully saturated rings. The maximum Gasteiger partial charge on any atom is 0.293 e. The first-order valence-corrected chi connectivity index (χ1v) is 3.85. The van der Waals surface area contributed by atoms with E-state index in [0.29, 0.717) is 6.54 Å². The Labute approximate surface area is 75.4 Å².